The van der Waals surface area contributed by atoms with Crippen LogP contribution in [0.25, 0.3) is 0 Å². The average Bonchev–Trinajstić information content (AvgIpc) is 2.50. The first-order valence-electron chi connectivity index (χ1n) is 7.60. The molecule has 0 aliphatic heterocycles. The summed E-state index contributed by atoms with van der Waals surface area (Å²) < 4.78 is 0. The van der Waals surface area contributed by atoms with Crippen molar-refractivity contribution >= 4 is 17.6 Å². The predicted molar refractivity (Wildman–Crippen MR) is 90.8 cm³/mol. The van der Waals surface area contributed by atoms with E-state index in [0.717, 1.165) is 11.1 Å². The number of carboxylic acid groups (broad SMARTS) is 1. The summed E-state index contributed by atoms with van der Waals surface area (Å²) in [6.45, 7) is 5.84. The molecule has 0 radical (unpaired) electrons. The molecule has 23 heavy (non-hydrogen) atoms. The molecule has 0 heterocycles. The first kappa shape index (κ1) is 16.7. The maximum absolute atomic E-state index is 12.7. The molecule has 4 nitrogen and oxygen atoms in total. The second kappa shape index (κ2) is 7.09. The molecule has 1 atom stereocenters. The van der Waals surface area contributed by atoms with E-state index in [2.05, 4.69) is 5.32 Å². The maximum atomic E-state index is 12.7. The lowest BCUT2D eigenvalue weighted by atomic mass is 9.87. The number of amides is 1. The van der Waals surface area contributed by atoms with E-state index < -0.39 is 5.97 Å². The van der Waals surface area contributed by atoms with Crippen molar-refractivity contribution in [2.45, 2.75) is 26.7 Å². The summed E-state index contributed by atoms with van der Waals surface area (Å²) >= 11 is 0. The number of rotatable bonds is 5. The van der Waals surface area contributed by atoms with Crippen molar-refractivity contribution in [3.8, 4) is 0 Å². The van der Waals surface area contributed by atoms with Crippen molar-refractivity contribution in [1.29, 1.82) is 0 Å². The van der Waals surface area contributed by atoms with Crippen LogP contribution in [-0.4, -0.2) is 17.0 Å². The zero-order chi connectivity index (χ0) is 17.0. The Hall–Kier alpha value is -2.62. The number of carboxylic acids is 1. The third-order valence-corrected chi connectivity index (χ3v) is 3.85. The summed E-state index contributed by atoms with van der Waals surface area (Å²) in [6.07, 6.45) is 0. The van der Waals surface area contributed by atoms with Crippen LogP contribution in [0, 0.1) is 12.8 Å². The Morgan fingerprint density at radius 3 is 2.26 bits per heavy atom. The maximum Gasteiger partial charge on any atom is 0.335 e. The van der Waals surface area contributed by atoms with Gasteiger partial charge in [0.2, 0.25) is 5.91 Å². The van der Waals surface area contributed by atoms with Crippen molar-refractivity contribution in [3.63, 3.8) is 0 Å². The average molecular weight is 311 g/mol. The zero-order valence-corrected chi connectivity index (χ0v) is 13.5. The van der Waals surface area contributed by atoms with Gasteiger partial charge >= 0.3 is 5.97 Å². The van der Waals surface area contributed by atoms with Crippen LogP contribution in [0.3, 0.4) is 0 Å². The van der Waals surface area contributed by atoms with Crippen LogP contribution in [0.1, 0.15) is 41.3 Å². The Kier molecular flexibility index (Phi) is 5.16. The van der Waals surface area contributed by atoms with Gasteiger partial charge in [0.05, 0.1) is 11.5 Å². The van der Waals surface area contributed by atoms with Crippen LogP contribution in [-0.2, 0) is 4.79 Å². The fraction of sp³-hybridized carbons (Fsp3) is 0.263. The lowest BCUT2D eigenvalue weighted by Crippen LogP contribution is -2.25. The molecule has 0 aromatic heterocycles. The number of nitrogens with one attached hydrogen (secondary N) is 1. The molecular weight excluding hydrogens is 290 g/mol. The molecular formula is C19H21NO3. The molecule has 1 amide bonds. The molecule has 4 heteroatoms. The molecule has 0 aliphatic rings. The van der Waals surface area contributed by atoms with E-state index in [1.165, 1.54) is 12.1 Å². The number of anilines is 1. The van der Waals surface area contributed by atoms with Gasteiger partial charge in [-0.1, -0.05) is 50.2 Å². The predicted octanol–water partition coefficient (Wildman–Crippen LogP) is 4.07. The highest BCUT2D eigenvalue weighted by Gasteiger charge is 2.24. The summed E-state index contributed by atoms with van der Waals surface area (Å²) in [5, 5.41) is 12.0. The Morgan fingerprint density at radius 1 is 1.04 bits per heavy atom. The van der Waals surface area contributed by atoms with Crippen LogP contribution in [0.5, 0.6) is 0 Å². The molecule has 2 aromatic carbocycles. The first-order chi connectivity index (χ1) is 10.9. The molecule has 0 saturated heterocycles. The van der Waals surface area contributed by atoms with Crippen LogP contribution < -0.4 is 5.32 Å². The smallest absolute Gasteiger partial charge is 0.335 e. The molecule has 0 bridgehead atoms. The lowest BCUT2D eigenvalue weighted by Gasteiger charge is -2.21. The van der Waals surface area contributed by atoms with Crippen molar-refractivity contribution in [2.75, 3.05) is 5.32 Å². The Labute approximate surface area is 136 Å². The van der Waals surface area contributed by atoms with Crippen LogP contribution in [0.4, 0.5) is 5.69 Å². The van der Waals surface area contributed by atoms with Gasteiger partial charge in [-0.2, -0.15) is 0 Å². The van der Waals surface area contributed by atoms with E-state index in [0.29, 0.717) is 5.69 Å². The number of aromatic carboxylic acids is 1. The summed E-state index contributed by atoms with van der Waals surface area (Å²) in [5.74, 6) is -1.30. The number of carbonyl (C=O) groups excluding carboxylic acids is 1. The fourth-order valence-corrected chi connectivity index (χ4v) is 2.60. The van der Waals surface area contributed by atoms with Crippen molar-refractivity contribution in [1.82, 2.24) is 0 Å². The summed E-state index contributed by atoms with van der Waals surface area (Å²) in [5.41, 5.74) is 2.48. The first-order valence-corrected chi connectivity index (χ1v) is 7.60. The monoisotopic (exact) mass is 311 g/mol. The van der Waals surface area contributed by atoms with Gasteiger partial charge in [0.15, 0.2) is 0 Å². The van der Waals surface area contributed by atoms with Gasteiger partial charge in [0, 0.05) is 5.69 Å². The standard InChI is InChI=1S/C19H21NO3/c1-12(2)17(14-7-5-4-6-8-14)18(21)20-16-11-15(19(22)23)10-9-13(16)3/h4-12,17H,1-3H3,(H,20,21)(H,22,23). The zero-order valence-electron chi connectivity index (χ0n) is 13.5. The molecule has 120 valence electrons. The minimum absolute atomic E-state index is 0.125. The summed E-state index contributed by atoms with van der Waals surface area (Å²) in [7, 11) is 0. The third kappa shape index (κ3) is 3.97. The number of carbonyl (C=O) groups is 2. The normalized spacial score (nSPS) is 12.0. The van der Waals surface area contributed by atoms with E-state index >= 15 is 0 Å². The highest BCUT2D eigenvalue weighted by molar-refractivity contribution is 5.98. The number of aryl methyl sites for hydroxylation is 1. The van der Waals surface area contributed by atoms with Gasteiger partial charge in [-0.25, -0.2) is 4.79 Å². The summed E-state index contributed by atoms with van der Waals surface area (Å²) in [4.78, 5) is 23.8. The van der Waals surface area contributed by atoms with Gasteiger partial charge < -0.3 is 10.4 Å². The molecule has 2 rings (SSSR count). The lowest BCUT2D eigenvalue weighted by molar-refractivity contribution is -0.118. The third-order valence-electron chi connectivity index (χ3n) is 3.85. The van der Waals surface area contributed by atoms with Crippen molar-refractivity contribution in [3.05, 3.63) is 65.2 Å². The number of hydrogen-bond acceptors (Lipinski definition) is 2. The SMILES string of the molecule is Cc1ccc(C(=O)O)cc1NC(=O)C(c1ccccc1)C(C)C. The second-order valence-electron chi connectivity index (χ2n) is 5.96. The number of benzene rings is 2. The largest absolute Gasteiger partial charge is 0.478 e. The molecule has 0 fully saturated rings. The van der Waals surface area contributed by atoms with Gasteiger partial charge in [-0.05, 0) is 36.1 Å². The Balaban J connectivity index is 2.29. The molecule has 0 saturated carbocycles. The van der Waals surface area contributed by atoms with E-state index in [4.69, 9.17) is 5.11 Å². The Bertz CT molecular complexity index is 708. The van der Waals surface area contributed by atoms with Gasteiger partial charge in [0.1, 0.15) is 0 Å². The Morgan fingerprint density at radius 2 is 1.70 bits per heavy atom. The van der Waals surface area contributed by atoms with Gasteiger partial charge in [0.25, 0.3) is 0 Å². The van der Waals surface area contributed by atoms with Crippen LogP contribution in [0.2, 0.25) is 0 Å². The number of hydrogen-bond donors (Lipinski definition) is 2. The van der Waals surface area contributed by atoms with Gasteiger partial charge in [-0.3, -0.25) is 4.79 Å². The minimum Gasteiger partial charge on any atom is -0.478 e. The second-order valence-corrected chi connectivity index (χ2v) is 5.96. The van der Waals surface area contributed by atoms with Crippen molar-refractivity contribution < 1.29 is 14.7 Å². The van der Waals surface area contributed by atoms with Crippen molar-refractivity contribution in [2.24, 2.45) is 5.92 Å². The molecule has 2 aromatic rings. The van der Waals surface area contributed by atoms with E-state index in [1.54, 1.807) is 6.07 Å². The highest BCUT2D eigenvalue weighted by Crippen LogP contribution is 2.27. The van der Waals surface area contributed by atoms with Gasteiger partial charge in [-0.15, -0.1) is 0 Å². The molecule has 0 aliphatic carbocycles. The van der Waals surface area contributed by atoms with Crippen LogP contribution in [0.15, 0.2) is 48.5 Å². The fourth-order valence-electron chi connectivity index (χ4n) is 2.60. The molecule has 0 spiro atoms. The van der Waals surface area contributed by atoms with E-state index in [-0.39, 0.29) is 23.3 Å². The van der Waals surface area contributed by atoms with E-state index in [9.17, 15) is 9.59 Å². The topological polar surface area (TPSA) is 66.4 Å². The van der Waals surface area contributed by atoms with Crippen LogP contribution >= 0.6 is 0 Å². The molecule has 2 N–H and O–H groups in total. The molecule has 1 unspecified atom stereocenters. The quantitative estimate of drug-likeness (QED) is 0.874. The van der Waals surface area contributed by atoms with E-state index in [1.807, 2.05) is 51.1 Å². The minimum atomic E-state index is -1.01. The highest BCUT2D eigenvalue weighted by atomic mass is 16.4. The summed E-state index contributed by atoms with van der Waals surface area (Å²) in [6, 6.07) is 14.3.